The molecule has 6 heteroatoms. The maximum absolute atomic E-state index is 12.6. The molecule has 0 aliphatic carbocycles. The van der Waals surface area contributed by atoms with Crippen LogP contribution in [0, 0.1) is 0 Å². The molecule has 3 heterocycles. The van der Waals surface area contributed by atoms with Crippen molar-refractivity contribution in [2.45, 2.75) is 45.2 Å². The zero-order valence-corrected chi connectivity index (χ0v) is 12.3. The molecule has 2 aromatic rings. The van der Waals surface area contributed by atoms with Crippen molar-refractivity contribution in [2.75, 3.05) is 6.54 Å². The molecule has 112 valence electrons. The summed E-state index contributed by atoms with van der Waals surface area (Å²) in [5.41, 5.74) is 1.56. The van der Waals surface area contributed by atoms with Crippen LogP contribution in [0.4, 0.5) is 0 Å². The van der Waals surface area contributed by atoms with E-state index in [4.69, 9.17) is 0 Å². The van der Waals surface area contributed by atoms with Crippen molar-refractivity contribution in [3.8, 4) is 0 Å². The maximum Gasteiger partial charge on any atom is 0.274 e. The highest BCUT2D eigenvalue weighted by atomic mass is 16.2. The van der Waals surface area contributed by atoms with E-state index in [0.717, 1.165) is 44.5 Å². The van der Waals surface area contributed by atoms with Gasteiger partial charge in [0, 0.05) is 24.6 Å². The highest BCUT2D eigenvalue weighted by Crippen LogP contribution is 2.21. The Balaban J connectivity index is 1.70. The van der Waals surface area contributed by atoms with Crippen molar-refractivity contribution in [3.05, 3.63) is 35.9 Å². The molecule has 0 bridgehead atoms. The standard InChI is InChI=1S/C15H21N5O/c1-2-5-12-10-14(18-17-12)15(21)20-9-3-6-13(20)11-19-8-4-7-16-19/h4,7-8,10,13H,2-3,5-6,9,11H2,1H3,(H,17,18)/t13-/m1/s1. The van der Waals surface area contributed by atoms with Gasteiger partial charge in [-0.15, -0.1) is 0 Å². The van der Waals surface area contributed by atoms with Gasteiger partial charge >= 0.3 is 0 Å². The molecule has 3 rings (SSSR count). The molecule has 1 saturated heterocycles. The van der Waals surface area contributed by atoms with Crippen molar-refractivity contribution < 1.29 is 4.79 Å². The summed E-state index contributed by atoms with van der Waals surface area (Å²) in [6.45, 7) is 3.68. The normalized spacial score (nSPS) is 18.3. The predicted molar refractivity (Wildman–Crippen MR) is 78.9 cm³/mol. The second-order valence-electron chi connectivity index (χ2n) is 5.55. The number of amides is 1. The topological polar surface area (TPSA) is 66.8 Å². The van der Waals surface area contributed by atoms with Crippen LogP contribution in [0.2, 0.25) is 0 Å². The number of likely N-dealkylation sites (tertiary alicyclic amines) is 1. The van der Waals surface area contributed by atoms with Gasteiger partial charge < -0.3 is 4.90 Å². The number of aromatic nitrogens is 4. The molecule has 1 atom stereocenters. The van der Waals surface area contributed by atoms with Gasteiger partial charge in [0.15, 0.2) is 0 Å². The fourth-order valence-corrected chi connectivity index (χ4v) is 2.93. The van der Waals surface area contributed by atoms with Crippen LogP contribution in [0.15, 0.2) is 24.5 Å². The summed E-state index contributed by atoms with van der Waals surface area (Å²) in [4.78, 5) is 14.6. The lowest BCUT2D eigenvalue weighted by Gasteiger charge is -2.23. The van der Waals surface area contributed by atoms with E-state index < -0.39 is 0 Å². The van der Waals surface area contributed by atoms with Crippen molar-refractivity contribution in [1.82, 2.24) is 24.9 Å². The summed E-state index contributed by atoms with van der Waals surface area (Å²) in [6.07, 6.45) is 7.75. The Morgan fingerprint density at radius 1 is 1.52 bits per heavy atom. The van der Waals surface area contributed by atoms with Crippen LogP contribution in [0.1, 0.15) is 42.4 Å². The molecule has 0 unspecified atom stereocenters. The molecular weight excluding hydrogens is 266 g/mol. The number of rotatable bonds is 5. The van der Waals surface area contributed by atoms with E-state index in [9.17, 15) is 4.79 Å². The van der Waals surface area contributed by atoms with Gasteiger partial charge in [0.05, 0.1) is 12.6 Å². The van der Waals surface area contributed by atoms with E-state index in [0.29, 0.717) is 5.69 Å². The number of nitrogens with one attached hydrogen (secondary N) is 1. The van der Waals surface area contributed by atoms with Gasteiger partial charge in [-0.25, -0.2) is 0 Å². The number of hydrogen-bond donors (Lipinski definition) is 1. The van der Waals surface area contributed by atoms with Gasteiger partial charge in [-0.1, -0.05) is 13.3 Å². The van der Waals surface area contributed by atoms with Crippen LogP contribution in [-0.2, 0) is 13.0 Å². The smallest absolute Gasteiger partial charge is 0.274 e. The highest BCUT2D eigenvalue weighted by molar-refractivity contribution is 5.92. The SMILES string of the molecule is CCCc1cc(C(=O)N2CCC[C@@H]2Cn2cccn2)n[nH]1. The molecule has 0 saturated carbocycles. The van der Waals surface area contributed by atoms with Crippen molar-refractivity contribution in [1.29, 1.82) is 0 Å². The van der Waals surface area contributed by atoms with Crippen LogP contribution in [0.5, 0.6) is 0 Å². The Bertz CT molecular complexity index is 589. The summed E-state index contributed by atoms with van der Waals surface area (Å²) < 4.78 is 1.89. The number of aromatic amines is 1. The van der Waals surface area contributed by atoms with E-state index in [-0.39, 0.29) is 11.9 Å². The van der Waals surface area contributed by atoms with Gasteiger partial charge in [0.2, 0.25) is 0 Å². The minimum absolute atomic E-state index is 0.0308. The lowest BCUT2D eigenvalue weighted by atomic mass is 10.2. The molecular formula is C15H21N5O. The maximum atomic E-state index is 12.6. The molecule has 21 heavy (non-hydrogen) atoms. The summed E-state index contributed by atoms with van der Waals surface area (Å²) in [5.74, 6) is 0.0308. The lowest BCUT2D eigenvalue weighted by molar-refractivity contribution is 0.0715. The van der Waals surface area contributed by atoms with Crippen molar-refractivity contribution in [2.24, 2.45) is 0 Å². The average Bonchev–Trinajstić information content (AvgIpc) is 3.20. The van der Waals surface area contributed by atoms with Gasteiger partial charge in [-0.05, 0) is 31.4 Å². The van der Waals surface area contributed by atoms with Gasteiger partial charge in [-0.3, -0.25) is 14.6 Å². The van der Waals surface area contributed by atoms with E-state index in [1.165, 1.54) is 0 Å². The quantitative estimate of drug-likeness (QED) is 0.912. The summed E-state index contributed by atoms with van der Waals surface area (Å²) in [6, 6.07) is 4.00. The molecule has 0 spiro atoms. The van der Waals surface area contributed by atoms with E-state index in [1.54, 1.807) is 6.20 Å². The minimum atomic E-state index is 0.0308. The zero-order chi connectivity index (χ0) is 14.7. The third kappa shape index (κ3) is 2.99. The van der Waals surface area contributed by atoms with Crippen LogP contribution >= 0.6 is 0 Å². The lowest BCUT2D eigenvalue weighted by Crippen LogP contribution is -2.38. The van der Waals surface area contributed by atoms with Gasteiger partial charge in [0.1, 0.15) is 5.69 Å². The Morgan fingerprint density at radius 3 is 3.19 bits per heavy atom. The second-order valence-corrected chi connectivity index (χ2v) is 5.55. The van der Waals surface area contributed by atoms with Crippen molar-refractivity contribution >= 4 is 5.91 Å². The third-order valence-corrected chi connectivity index (χ3v) is 3.96. The number of carbonyl (C=O) groups excluding carboxylic acids is 1. The summed E-state index contributed by atoms with van der Waals surface area (Å²) in [7, 11) is 0. The summed E-state index contributed by atoms with van der Waals surface area (Å²) >= 11 is 0. The molecule has 6 nitrogen and oxygen atoms in total. The number of nitrogens with zero attached hydrogens (tertiary/aromatic N) is 4. The first-order chi connectivity index (χ1) is 10.3. The van der Waals surface area contributed by atoms with E-state index >= 15 is 0 Å². The van der Waals surface area contributed by atoms with Crippen LogP contribution < -0.4 is 0 Å². The first kappa shape index (κ1) is 13.9. The first-order valence-corrected chi connectivity index (χ1v) is 7.60. The fraction of sp³-hybridized carbons (Fsp3) is 0.533. The van der Waals surface area contributed by atoms with E-state index in [2.05, 4.69) is 22.2 Å². The fourth-order valence-electron chi connectivity index (χ4n) is 2.93. The third-order valence-electron chi connectivity index (χ3n) is 3.96. The number of carbonyl (C=O) groups is 1. The predicted octanol–water partition coefficient (Wildman–Crippen LogP) is 1.86. The highest BCUT2D eigenvalue weighted by Gasteiger charge is 2.30. The molecule has 0 radical (unpaired) electrons. The molecule has 1 aliphatic rings. The number of aryl methyl sites for hydroxylation is 1. The van der Waals surface area contributed by atoms with Gasteiger partial charge in [-0.2, -0.15) is 10.2 Å². The zero-order valence-electron chi connectivity index (χ0n) is 12.3. The Hall–Kier alpha value is -2.11. The second kappa shape index (κ2) is 6.11. The van der Waals surface area contributed by atoms with Crippen LogP contribution in [-0.4, -0.2) is 43.4 Å². The summed E-state index contributed by atoms with van der Waals surface area (Å²) in [5, 5.41) is 11.4. The first-order valence-electron chi connectivity index (χ1n) is 7.60. The minimum Gasteiger partial charge on any atom is -0.332 e. The van der Waals surface area contributed by atoms with Crippen LogP contribution in [0.3, 0.4) is 0 Å². The Labute approximate surface area is 124 Å². The molecule has 1 fully saturated rings. The molecule has 1 N–H and O–H groups in total. The number of H-pyrrole nitrogens is 1. The molecule has 1 amide bonds. The molecule has 1 aliphatic heterocycles. The van der Waals surface area contributed by atoms with Gasteiger partial charge in [0.25, 0.3) is 5.91 Å². The number of hydrogen-bond acceptors (Lipinski definition) is 3. The molecule has 2 aromatic heterocycles. The van der Waals surface area contributed by atoms with E-state index in [1.807, 2.05) is 27.9 Å². The Kier molecular flexibility index (Phi) is 4.03. The molecule has 0 aromatic carbocycles. The average molecular weight is 287 g/mol. The van der Waals surface area contributed by atoms with Crippen LogP contribution in [0.25, 0.3) is 0 Å². The van der Waals surface area contributed by atoms with Crippen molar-refractivity contribution in [3.63, 3.8) is 0 Å². The monoisotopic (exact) mass is 287 g/mol. The Morgan fingerprint density at radius 2 is 2.43 bits per heavy atom. The largest absolute Gasteiger partial charge is 0.332 e.